The van der Waals surface area contributed by atoms with E-state index in [0.717, 1.165) is 6.54 Å². The maximum absolute atomic E-state index is 11.7. The first kappa shape index (κ1) is 20.7. The third-order valence-electron chi connectivity index (χ3n) is 4.10. The number of nitrogens with one attached hydrogen (secondary N) is 2. The van der Waals surface area contributed by atoms with E-state index >= 15 is 0 Å². The summed E-state index contributed by atoms with van der Waals surface area (Å²) in [5, 5.41) is 6.54. The van der Waals surface area contributed by atoms with Crippen LogP contribution in [-0.2, 0) is 9.53 Å². The normalized spacial score (nSPS) is 16.8. The minimum atomic E-state index is -0.00430. The van der Waals surface area contributed by atoms with Gasteiger partial charge in [0, 0.05) is 27.2 Å². The van der Waals surface area contributed by atoms with Crippen LogP contribution in [0.4, 0.5) is 0 Å². The molecule has 0 aromatic heterocycles. The Balaban J connectivity index is 2.34. The van der Waals surface area contributed by atoms with Gasteiger partial charge in [-0.2, -0.15) is 0 Å². The highest BCUT2D eigenvalue weighted by atomic mass is 16.5. The molecule has 0 aliphatic heterocycles. The molecule has 0 heterocycles. The standard InChI is InChI=1S/C18H36N4O2/c1-15(2)13-20-18(21-14-17(23)22(3)4)19-11-12-24-16-9-7-5-6-8-10-16/h15-16H,5-14H2,1-4H3,(H2,19,20,21). The monoisotopic (exact) mass is 340 g/mol. The number of likely N-dealkylation sites (N-methyl/N-ethyl adjacent to an activating group) is 1. The van der Waals surface area contributed by atoms with Crippen molar-refractivity contribution in [2.45, 2.75) is 58.5 Å². The molecular formula is C18H36N4O2. The van der Waals surface area contributed by atoms with Crippen molar-refractivity contribution in [2.75, 3.05) is 40.3 Å². The molecule has 1 saturated carbocycles. The van der Waals surface area contributed by atoms with Crippen LogP contribution in [0.15, 0.2) is 4.99 Å². The predicted molar refractivity (Wildman–Crippen MR) is 99.3 cm³/mol. The first-order valence-electron chi connectivity index (χ1n) is 9.33. The number of ether oxygens (including phenoxy) is 1. The van der Waals surface area contributed by atoms with Crippen LogP contribution in [0.5, 0.6) is 0 Å². The van der Waals surface area contributed by atoms with E-state index in [4.69, 9.17) is 4.74 Å². The Hall–Kier alpha value is -1.30. The van der Waals surface area contributed by atoms with Gasteiger partial charge in [0.2, 0.25) is 5.91 Å². The molecule has 1 rings (SSSR count). The second kappa shape index (κ2) is 12.1. The summed E-state index contributed by atoms with van der Waals surface area (Å²) in [7, 11) is 3.49. The van der Waals surface area contributed by atoms with Crippen molar-refractivity contribution >= 4 is 11.9 Å². The average Bonchev–Trinajstić information content (AvgIpc) is 2.81. The Morgan fingerprint density at radius 2 is 1.83 bits per heavy atom. The molecule has 24 heavy (non-hydrogen) atoms. The highest BCUT2D eigenvalue weighted by Gasteiger charge is 2.12. The topological polar surface area (TPSA) is 66.0 Å². The largest absolute Gasteiger partial charge is 0.376 e. The van der Waals surface area contributed by atoms with Crippen LogP contribution >= 0.6 is 0 Å². The second-order valence-electron chi connectivity index (χ2n) is 7.14. The van der Waals surface area contributed by atoms with E-state index in [-0.39, 0.29) is 12.5 Å². The summed E-state index contributed by atoms with van der Waals surface area (Å²) in [6.07, 6.45) is 8.03. The maximum atomic E-state index is 11.7. The Morgan fingerprint density at radius 3 is 2.42 bits per heavy atom. The molecule has 0 saturated heterocycles. The molecule has 0 aromatic rings. The van der Waals surface area contributed by atoms with Gasteiger partial charge in [-0.15, -0.1) is 0 Å². The zero-order chi connectivity index (χ0) is 17.8. The number of carbonyl (C=O) groups is 1. The third-order valence-corrected chi connectivity index (χ3v) is 4.10. The molecule has 1 aliphatic rings. The zero-order valence-corrected chi connectivity index (χ0v) is 15.9. The highest BCUT2D eigenvalue weighted by molar-refractivity contribution is 5.84. The molecular weight excluding hydrogens is 304 g/mol. The van der Waals surface area contributed by atoms with Gasteiger partial charge in [0.1, 0.15) is 6.54 Å². The summed E-state index contributed by atoms with van der Waals surface area (Å²) in [4.78, 5) is 17.6. The van der Waals surface area contributed by atoms with Crippen molar-refractivity contribution in [3.63, 3.8) is 0 Å². The van der Waals surface area contributed by atoms with Gasteiger partial charge in [-0.05, 0) is 18.8 Å². The van der Waals surface area contributed by atoms with Crippen LogP contribution in [-0.4, -0.2) is 63.2 Å². The number of hydrogen-bond acceptors (Lipinski definition) is 3. The van der Waals surface area contributed by atoms with E-state index in [9.17, 15) is 4.79 Å². The lowest BCUT2D eigenvalue weighted by Gasteiger charge is -2.18. The Labute approximate surface area is 147 Å². The predicted octanol–water partition coefficient (Wildman–Crippen LogP) is 2.01. The van der Waals surface area contributed by atoms with Gasteiger partial charge >= 0.3 is 0 Å². The van der Waals surface area contributed by atoms with Gasteiger partial charge in [-0.3, -0.25) is 4.79 Å². The lowest BCUT2D eigenvalue weighted by Crippen LogP contribution is -2.41. The quantitative estimate of drug-likeness (QED) is 0.307. The molecule has 2 N–H and O–H groups in total. The fraction of sp³-hybridized carbons (Fsp3) is 0.889. The first-order valence-corrected chi connectivity index (χ1v) is 9.33. The van der Waals surface area contributed by atoms with Crippen molar-refractivity contribution in [1.29, 1.82) is 0 Å². The lowest BCUT2D eigenvalue weighted by molar-refractivity contribution is -0.127. The van der Waals surface area contributed by atoms with E-state index in [1.165, 1.54) is 38.5 Å². The third kappa shape index (κ3) is 9.75. The molecule has 1 amide bonds. The van der Waals surface area contributed by atoms with E-state index in [2.05, 4.69) is 29.5 Å². The molecule has 6 nitrogen and oxygen atoms in total. The van der Waals surface area contributed by atoms with Gasteiger partial charge in [-0.25, -0.2) is 4.99 Å². The summed E-state index contributed by atoms with van der Waals surface area (Å²) in [6.45, 7) is 6.65. The molecule has 1 aliphatic carbocycles. The summed E-state index contributed by atoms with van der Waals surface area (Å²) in [5.74, 6) is 1.20. The molecule has 0 bridgehead atoms. The van der Waals surface area contributed by atoms with Crippen molar-refractivity contribution < 1.29 is 9.53 Å². The number of carbonyl (C=O) groups excluding carboxylic acids is 1. The van der Waals surface area contributed by atoms with Crippen molar-refractivity contribution in [3.8, 4) is 0 Å². The van der Waals surface area contributed by atoms with Gasteiger partial charge in [0.05, 0.1) is 12.7 Å². The minimum Gasteiger partial charge on any atom is -0.376 e. The fourth-order valence-corrected chi connectivity index (χ4v) is 2.57. The van der Waals surface area contributed by atoms with Gasteiger partial charge in [0.15, 0.2) is 5.96 Å². The number of hydrogen-bond donors (Lipinski definition) is 2. The van der Waals surface area contributed by atoms with Crippen LogP contribution in [0, 0.1) is 5.92 Å². The van der Waals surface area contributed by atoms with Crippen molar-refractivity contribution in [3.05, 3.63) is 0 Å². The molecule has 0 atom stereocenters. The van der Waals surface area contributed by atoms with E-state index in [0.29, 0.717) is 31.1 Å². The maximum Gasteiger partial charge on any atom is 0.243 e. The highest BCUT2D eigenvalue weighted by Crippen LogP contribution is 2.19. The van der Waals surface area contributed by atoms with Crippen LogP contribution in [0.25, 0.3) is 0 Å². The molecule has 0 spiro atoms. The Bertz CT molecular complexity index is 375. The number of aliphatic imine (C=N–C) groups is 1. The summed E-state index contributed by atoms with van der Waals surface area (Å²) in [6, 6.07) is 0. The molecule has 0 radical (unpaired) electrons. The van der Waals surface area contributed by atoms with E-state index in [1.807, 2.05) is 0 Å². The van der Waals surface area contributed by atoms with Crippen molar-refractivity contribution in [1.82, 2.24) is 15.5 Å². The molecule has 0 aromatic carbocycles. The van der Waals surface area contributed by atoms with Crippen LogP contribution < -0.4 is 10.6 Å². The second-order valence-corrected chi connectivity index (χ2v) is 7.14. The molecule has 0 unspecified atom stereocenters. The summed E-state index contributed by atoms with van der Waals surface area (Å²) >= 11 is 0. The SMILES string of the molecule is CC(C)CNC(=NCC(=O)N(C)C)NCCOC1CCCCCC1. The first-order chi connectivity index (χ1) is 11.5. The summed E-state index contributed by atoms with van der Waals surface area (Å²) in [5.41, 5.74) is 0. The Kier molecular flexibility index (Phi) is 10.5. The van der Waals surface area contributed by atoms with E-state index < -0.39 is 0 Å². The lowest BCUT2D eigenvalue weighted by atomic mass is 10.1. The van der Waals surface area contributed by atoms with Gasteiger partial charge in [0.25, 0.3) is 0 Å². The number of nitrogens with zero attached hydrogens (tertiary/aromatic N) is 2. The number of guanidine groups is 1. The average molecular weight is 341 g/mol. The Morgan fingerprint density at radius 1 is 1.17 bits per heavy atom. The van der Waals surface area contributed by atoms with Gasteiger partial charge < -0.3 is 20.3 Å². The zero-order valence-electron chi connectivity index (χ0n) is 15.9. The molecule has 1 fully saturated rings. The minimum absolute atomic E-state index is 0.00430. The molecule has 6 heteroatoms. The van der Waals surface area contributed by atoms with Crippen LogP contribution in [0.1, 0.15) is 52.4 Å². The number of amides is 1. The summed E-state index contributed by atoms with van der Waals surface area (Å²) < 4.78 is 5.98. The van der Waals surface area contributed by atoms with Crippen molar-refractivity contribution in [2.24, 2.45) is 10.9 Å². The van der Waals surface area contributed by atoms with Gasteiger partial charge in [-0.1, -0.05) is 39.5 Å². The molecule has 140 valence electrons. The van der Waals surface area contributed by atoms with E-state index in [1.54, 1.807) is 19.0 Å². The van der Waals surface area contributed by atoms with Crippen LogP contribution in [0.2, 0.25) is 0 Å². The number of rotatable bonds is 8. The van der Waals surface area contributed by atoms with Crippen LogP contribution in [0.3, 0.4) is 0 Å². The smallest absolute Gasteiger partial charge is 0.243 e. The fourth-order valence-electron chi connectivity index (χ4n) is 2.57.